The quantitative estimate of drug-likeness (QED) is 0.562. The van der Waals surface area contributed by atoms with Crippen LogP contribution in [0.5, 0.6) is 0 Å². The Bertz CT molecular complexity index is 990. The molecular weight excluding hydrogens is 418 g/mol. The van der Waals surface area contributed by atoms with Gasteiger partial charge >= 0.3 is 0 Å². The van der Waals surface area contributed by atoms with E-state index in [0.29, 0.717) is 13.2 Å². The van der Waals surface area contributed by atoms with Crippen LogP contribution >= 0.6 is 23.5 Å². The van der Waals surface area contributed by atoms with E-state index in [1.54, 1.807) is 11.8 Å². The molecule has 156 valence electrons. The van der Waals surface area contributed by atoms with Crippen LogP contribution in [-0.2, 0) is 16.6 Å². The molecule has 0 bridgehead atoms. The van der Waals surface area contributed by atoms with E-state index in [-0.39, 0.29) is 11.7 Å². The molecule has 4 rings (SSSR count). The molecule has 30 heavy (non-hydrogen) atoms. The van der Waals surface area contributed by atoms with E-state index < -0.39 is 0 Å². The maximum atomic E-state index is 12.6. The van der Waals surface area contributed by atoms with E-state index in [0.717, 1.165) is 39.7 Å². The fraction of sp³-hybridized carbons (Fsp3) is 0.286. The Hall–Kier alpha value is -2.49. The molecule has 0 radical (unpaired) electrons. The van der Waals surface area contributed by atoms with Crippen molar-refractivity contribution < 1.29 is 9.53 Å². The zero-order valence-electron chi connectivity index (χ0n) is 16.7. The average molecular weight is 442 g/mol. The normalized spacial score (nSPS) is 14.0. The van der Waals surface area contributed by atoms with Crippen molar-refractivity contribution in [3.05, 3.63) is 54.6 Å². The fourth-order valence-corrected chi connectivity index (χ4v) is 4.69. The third-order valence-corrected chi connectivity index (χ3v) is 6.67. The Morgan fingerprint density at radius 2 is 1.80 bits per heavy atom. The fourth-order valence-electron chi connectivity index (χ4n) is 3.06. The van der Waals surface area contributed by atoms with Gasteiger partial charge in [-0.05, 0) is 24.3 Å². The Kier molecular flexibility index (Phi) is 6.93. The lowest BCUT2D eigenvalue weighted by atomic mass is 10.3. The highest BCUT2D eigenvalue weighted by atomic mass is 32.2. The Morgan fingerprint density at radius 1 is 1.07 bits per heavy atom. The summed E-state index contributed by atoms with van der Waals surface area (Å²) in [7, 11) is 1.93. The number of hydrogen-bond acceptors (Lipinski definition) is 7. The van der Waals surface area contributed by atoms with Gasteiger partial charge in [0.15, 0.2) is 5.16 Å². The molecule has 1 fully saturated rings. The lowest BCUT2D eigenvalue weighted by molar-refractivity contribution is -0.113. The summed E-state index contributed by atoms with van der Waals surface area (Å²) < 4.78 is 7.32. The number of rotatable bonds is 7. The third-order valence-electron chi connectivity index (χ3n) is 4.57. The number of thioether (sulfide) groups is 1. The van der Waals surface area contributed by atoms with E-state index in [9.17, 15) is 4.79 Å². The van der Waals surface area contributed by atoms with Crippen LogP contribution < -0.4 is 10.2 Å². The van der Waals surface area contributed by atoms with Crippen LogP contribution in [0.2, 0.25) is 0 Å². The van der Waals surface area contributed by atoms with Crippen LogP contribution in [0.4, 0.5) is 11.6 Å². The first-order chi connectivity index (χ1) is 14.7. The zero-order chi connectivity index (χ0) is 20.8. The number of hydrogen-bond donors (Lipinski definition) is 1. The first kappa shape index (κ1) is 20.8. The zero-order valence-corrected chi connectivity index (χ0v) is 18.3. The molecule has 1 saturated heterocycles. The maximum absolute atomic E-state index is 12.6. The minimum atomic E-state index is -0.0722. The number of anilines is 2. The summed E-state index contributed by atoms with van der Waals surface area (Å²) in [5.74, 6) is 1.00. The summed E-state index contributed by atoms with van der Waals surface area (Å²) in [6.07, 6.45) is 0. The van der Waals surface area contributed by atoms with Crippen molar-refractivity contribution in [3.8, 4) is 0 Å². The predicted octanol–water partition coefficient (Wildman–Crippen LogP) is 3.53. The Morgan fingerprint density at radius 3 is 2.60 bits per heavy atom. The van der Waals surface area contributed by atoms with E-state index in [1.165, 1.54) is 11.8 Å². The summed E-state index contributed by atoms with van der Waals surface area (Å²) in [6, 6.07) is 17.9. The minimum Gasteiger partial charge on any atom is -0.378 e. The van der Waals surface area contributed by atoms with Gasteiger partial charge in [-0.2, -0.15) is 0 Å². The van der Waals surface area contributed by atoms with Crippen molar-refractivity contribution in [2.24, 2.45) is 7.05 Å². The molecule has 9 heteroatoms. The van der Waals surface area contributed by atoms with Gasteiger partial charge in [0.2, 0.25) is 11.9 Å². The van der Waals surface area contributed by atoms with E-state index in [2.05, 4.69) is 32.5 Å². The SMILES string of the molecule is Cn1c(SCC(=O)Nc2ccccc2Sc2ccccc2)nnc1N1CCOCC1. The van der Waals surface area contributed by atoms with E-state index in [1.807, 2.05) is 54.1 Å². The summed E-state index contributed by atoms with van der Waals surface area (Å²) >= 11 is 3.01. The number of benzene rings is 2. The Labute approximate surface area is 184 Å². The van der Waals surface area contributed by atoms with Gasteiger partial charge in [0.1, 0.15) is 0 Å². The van der Waals surface area contributed by atoms with Gasteiger partial charge in [-0.15, -0.1) is 10.2 Å². The predicted molar refractivity (Wildman–Crippen MR) is 120 cm³/mol. The molecule has 1 aliphatic heterocycles. The molecular formula is C21H23N5O2S2. The highest BCUT2D eigenvalue weighted by molar-refractivity contribution is 8.00. The highest BCUT2D eigenvalue weighted by Gasteiger charge is 2.19. The number of ether oxygens (including phenoxy) is 1. The van der Waals surface area contributed by atoms with Gasteiger partial charge < -0.3 is 15.0 Å². The summed E-state index contributed by atoms with van der Waals surface area (Å²) in [6.45, 7) is 2.98. The summed E-state index contributed by atoms with van der Waals surface area (Å²) in [4.78, 5) is 16.9. The van der Waals surface area contributed by atoms with Crippen LogP contribution in [-0.4, -0.2) is 52.7 Å². The minimum absolute atomic E-state index is 0.0722. The third kappa shape index (κ3) is 5.16. The Balaban J connectivity index is 1.36. The number of carbonyl (C=O) groups is 1. The van der Waals surface area contributed by atoms with Gasteiger partial charge in [-0.3, -0.25) is 9.36 Å². The van der Waals surface area contributed by atoms with E-state index in [4.69, 9.17) is 4.74 Å². The second kappa shape index (κ2) is 10.0. The van der Waals surface area contributed by atoms with Crippen molar-refractivity contribution in [3.63, 3.8) is 0 Å². The topological polar surface area (TPSA) is 72.3 Å². The first-order valence-electron chi connectivity index (χ1n) is 9.67. The van der Waals surface area contributed by atoms with Gasteiger partial charge in [-0.1, -0.05) is 53.9 Å². The molecule has 1 N–H and O–H groups in total. The van der Waals surface area contributed by atoms with E-state index >= 15 is 0 Å². The van der Waals surface area contributed by atoms with Crippen molar-refractivity contribution in [1.29, 1.82) is 0 Å². The molecule has 7 nitrogen and oxygen atoms in total. The van der Waals surface area contributed by atoms with Crippen LogP contribution in [0, 0.1) is 0 Å². The first-order valence-corrected chi connectivity index (χ1v) is 11.5. The molecule has 3 aromatic rings. The molecule has 2 heterocycles. The maximum Gasteiger partial charge on any atom is 0.234 e. The molecule has 1 aliphatic rings. The molecule has 1 amide bonds. The van der Waals surface area contributed by atoms with Crippen molar-refractivity contribution in [2.75, 3.05) is 42.3 Å². The smallest absolute Gasteiger partial charge is 0.234 e. The molecule has 0 aliphatic carbocycles. The summed E-state index contributed by atoms with van der Waals surface area (Å²) in [5.41, 5.74) is 0.809. The van der Waals surface area contributed by atoms with Crippen molar-refractivity contribution in [2.45, 2.75) is 14.9 Å². The van der Waals surface area contributed by atoms with Crippen LogP contribution in [0.15, 0.2) is 69.5 Å². The number of para-hydroxylation sites is 1. The number of amides is 1. The van der Waals surface area contributed by atoms with Gasteiger partial charge in [0.25, 0.3) is 0 Å². The molecule has 0 saturated carbocycles. The molecule has 1 aromatic heterocycles. The number of aromatic nitrogens is 3. The molecule has 0 atom stereocenters. The van der Waals surface area contributed by atoms with Crippen LogP contribution in [0.1, 0.15) is 0 Å². The number of morpholine rings is 1. The van der Waals surface area contributed by atoms with Crippen molar-refractivity contribution >= 4 is 41.1 Å². The monoisotopic (exact) mass is 441 g/mol. The lowest BCUT2D eigenvalue weighted by Gasteiger charge is -2.27. The largest absolute Gasteiger partial charge is 0.378 e. The lowest BCUT2D eigenvalue weighted by Crippen LogP contribution is -2.37. The standard InChI is InChI=1S/C21H23N5O2S2/c1-25-20(26-11-13-28-14-12-26)23-24-21(25)29-15-19(27)22-17-9-5-6-10-18(17)30-16-7-3-2-4-8-16/h2-10H,11-15H2,1H3,(H,22,27). The second-order valence-electron chi connectivity index (χ2n) is 6.69. The van der Waals surface area contributed by atoms with Gasteiger partial charge in [0, 0.05) is 29.9 Å². The van der Waals surface area contributed by atoms with Gasteiger partial charge in [-0.25, -0.2) is 0 Å². The average Bonchev–Trinajstić information content (AvgIpc) is 3.15. The summed E-state index contributed by atoms with van der Waals surface area (Å²) in [5, 5.41) is 12.3. The number of carbonyl (C=O) groups excluding carboxylic acids is 1. The molecule has 0 spiro atoms. The highest BCUT2D eigenvalue weighted by Crippen LogP contribution is 2.33. The number of nitrogens with one attached hydrogen (secondary N) is 1. The van der Waals surface area contributed by atoms with Crippen LogP contribution in [0.3, 0.4) is 0 Å². The molecule has 2 aromatic carbocycles. The van der Waals surface area contributed by atoms with Crippen LogP contribution in [0.25, 0.3) is 0 Å². The van der Waals surface area contributed by atoms with Crippen molar-refractivity contribution in [1.82, 2.24) is 14.8 Å². The van der Waals surface area contributed by atoms with Gasteiger partial charge in [0.05, 0.1) is 24.7 Å². The second-order valence-corrected chi connectivity index (χ2v) is 8.75. The number of nitrogens with zero attached hydrogens (tertiary/aromatic N) is 4. The molecule has 0 unspecified atom stereocenters.